The molecule has 1 aromatic heterocycles. The van der Waals surface area contributed by atoms with Gasteiger partial charge in [-0.3, -0.25) is 0 Å². The van der Waals surface area contributed by atoms with Gasteiger partial charge < -0.3 is 10.7 Å². The molecule has 0 saturated carbocycles. The molecule has 0 aromatic carbocycles. The third-order valence-electron chi connectivity index (χ3n) is 1.30. The van der Waals surface area contributed by atoms with Gasteiger partial charge in [0.1, 0.15) is 5.82 Å². The van der Waals surface area contributed by atoms with Crippen molar-refractivity contribution >= 4 is 5.82 Å². The zero-order valence-electron chi connectivity index (χ0n) is 5.15. The molecule has 0 fully saturated rings. The summed E-state index contributed by atoms with van der Waals surface area (Å²) >= 11 is 0. The number of nitrogens with one attached hydrogen (secondary N) is 1. The number of rotatable bonds is 0. The van der Waals surface area contributed by atoms with E-state index in [9.17, 15) is 0 Å². The molecule has 1 aromatic rings. The molecule has 0 aliphatic heterocycles. The minimum atomic E-state index is 0.750. The largest absolute Gasteiger partial charge is 0.385 e. The summed E-state index contributed by atoms with van der Waals surface area (Å²) in [5.41, 5.74) is 7.80. The average molecular weight is 110 g/mol. The lowest BCUT2D eigenvalue weighted by Crippen LogP contribution is -1.81. The molecule has 0 saturated heterocycles. The zero-order chi connectivity index (χ0) is 6.15. The summed E-state index contributed by atoms with van der Waals surface area (Å²) < 4.78 is 0. The van der Waals surface area contributed by atoms with Crippen LogP contribution in [0.25, 0.3) is 0 Å². The first-order valence-corrected chi connectivity index (χ1v) is 2.62. The highest BCUT2D eigenvalue weighted by molar-refractivity contribution is 5.37. The average Bonchev–Trinajstić information content (AvgIpc) is 1.85. The molecule has 8 heavy (non-hydrogen) atoms. The van der Waals surface area contributed by atoms with Gasteiger partial charge in [0.15, 0.2) is 0 Å². The molecule has 2 heteroatoms. The molecule has 0 spiro atoms. The van der Waals surface area contributed by atoms with Crippen LogP contribution in [0.3, 0.4) is 0 Å². The second-order valence-electron chi connectivity index (χ2n) is 2.03. The van der Waals surface area contributed by atoms with Crippen molar-refractivity contribution in [2.45, 2.75) is 13.8 Å². The molecular formula is C6H10N2. The first kappa shape index (κ1) is 5.22. The summed E-state index contributed by atoms with van der Waals surface area (Å²) in [6, 6.07) is 1.93. The van der Waals surface area contributed by atoms with E-state index >= 15 is 0 Å². The van der Waals surface area contributed by atoms with Crippen LogP contribution in [0.15, 0.2) is 6.07 Å². The predicted molar refractivity (Wildman–Crippen MR) is 34.7 cm³/mol. The molecule has 44 valence electrons. The second kappa shape index (κ2) is 1.54. The number of aryl methyl sites for hydroxylation is 2. The minimum absolute atomic E-state index is 0.750. The Hall–Kier alpha value is -0.920. The highest BCUT2D eigenvalue weighted by Gasteiger charge is 1.92. The lowest BCUT2D eigenvalue weighted by Gasteiger charge is -1.82. The van der Waals surface area contributed by atoms with E-state index in [4.69, 9.17) is 5.73 Å². The van der Waals surface area contributed by atoms with Crippen LogP contribution in [0.1, 0.15) is 11.3 Å². The van der Waals surface area contributed by atoms with Crippen LogP contribution in [0.4, 0.5) is 5.82 Å². The standard InChI is InChI=1S/C6H10N2/c1-4-3-6(7)8-5(4)2/h3,8H,7H2,1-2H3. The molecule has 0 amide bonds. The highest BCUT2D eigenvalue weighted by Crippen LogP contribution is 2.07. The molecule has 1 heterocycles. The van der Waals surface area contributed by atoms with E-state index in [1.54, 1.807) is 0 Å². The summed E-state index contributed by atoms with van der Waals surface area (Å²) in [5.74, 6) is 0.750. The Morgan fingerprint density at radius 1 is 1.50 bits per heavy atom. The smallest absolute Gasteiger partial charge is 0.101 e. The Bertz CT molecular complexity index is 169. The van der Waals surface area contributed by atoms with Crippen LogP contribution in [0, 0.1) is 13.8 Å². The molecule has 0 bridgehead atoms. The lowest BCUT2D eigenvalue weighted by atomic mass is 10.3. The molecule has 3 N–H and O–H groups in total. The number of aromatic amines is 1. The van der Waals surface area contributed by atoms with Gasteiger partial charge in [0, 0.05) is 5.69 Å². The van der Waals surface area contributed by atoms with Crippen molar-refractivity contribution in [2.75, 3.05) is 5.73 Å². The normalized spacial score (nSPS) is 9.75. The summed E-state index contributed by atoms with van der Waals surface area (Å²) in [6.07, 6.45) is 0. The van der Waals surface area contributed by atoms with Crippen molar-refractivity contribution in [1.82, 2.24) is 4.98 Å². The van der Waals surface area contributed by atoms with E-state index in [0.29, 0.717) is 0 Å². The molecule has 0 aliphatic rings. The van der Waals surface area contributed by atoms with Crippen LogP contribution in [0.2, 0.25) is 0 Å². The Labute approximate surface area is 48.7 Å². The Morgan fingerprint density at radius 2 is 2.12 bits per heavy atom. The number of hydrogen-bond acceptors (Lipinski definition) is 1. The topological polar surface area (TPSA) is 41.8 Å². The summed E-state index contributed by atoms with van der Waals surface area (Å²) in [7, 11) is 0. The molecule has 0 aliphatic carbocycles. The van der Waals surface area contributed by atoms with Gasteiger partial charge in [-0.15, -0.1) is 0 Å². The van der Waals surface area contributed by atoms with Crippen molar-refractivity contribution < 1.29 is 0 Å². The van der Waals surface area contributed by atoms with Gasteiger partial charge in [0.05, 0.1) is 0 Å². The quantitative estimate of drug-likeness (QED) is 0.518. The number of H-pyrrole nitrogens is 1. The SMILES string of the molecule is Cc1cc(N)[nH]c1C. The Morgan fingerprint density at radius 3 is 2.25 bits per heavy atom. The Kier molecular flexibility index (Phi) is 1.01. The van der Waals surface area contributed by atoms with Gasteiger partial charge in [0.25, 0.3) is 0 Å². The van der Waals surface area contributed by atoms with E-state index < -0.39 is 0 Å². The third kappa shape index (κ3) is 0.689. The fourth-order valence-electron chi connectivity index (χ4n) is 0.693. The predicted octanol–water partition coefficient (Wildman–Crippen LogP) is 1.21. The third-order valence-corrected chi connectivity index (χ3v) is 1.30. The van der Waals surface area contributed by atoms with Gasteiger partial charge >= 0.3 is 0 Å². The van der Waals surface area contributed by atoms with Crippen molar-refractivity contribution in [3.05, 3.63) is 17.3 Å². The second-order valence-corrected chi connectivity index (χ2v) is 2.03. The monoisotopic (exact) mass is 110 g/mol. The fourth-order valence-corrected chi connectivity index (χ4v) is 0.693. The van der Waals surface area contributed by atoms with Gasteiger partial charge in [-0.05, 0) is 25.5 Å². The van der Waals surface area contributed by atoms with Crippen LogP contribution in [-0.4, -0.2) is 4.98 Å². The lowest BCUT2D eigenvalue weighted by molar-refractivity contribution is 1.23. The molecule has 2 nitrogen and oxygen atoms in total. The van der Waals surface area contributed by atoms with Crippen molar-refractivity contribution in [1.29, 1.82) is 0 Å². The summed E-state index contributed by atoms with van der Waals surface area (Å²) in [4.78, 5) is 2.98. The van der Waals surface area contributed by atoms with E-state index in [-0.39, 0.29) is 0 Å². The first-order valence-electron chi connectivity index (χ1n) is 2.62. The van der Waals surface area contributed by atoms with Crippen LogP contribution in [0.5, 0.6) is 0 Å². The van der Waals surface area contributed by atoms with Gasteiger partial charge in [-0.1, -0.05) is 0 Å². The minimum Gasteiger partial charge on any atom is -0.385 e. The molecule has 0 radical (unpaired) electrons. The van der Waals surface area contributed by atoms with E-state index in [1.807, 2.05) is 19.9 Å². The fraction of sp³-hybridized carbons (Fsp3) is 0.333. The molecule has 0 atom stereocenters. The first-order chi connectivity index (χ1) is 3.70. The summed E-state index contributed by atoms with van der Waals surface area (Å²) in [6.45, 7) is 4.04. The number of nitrogens with two attached hydrogens (primary N) is 1. The van der Waals surface area contributed by atoms with Crippen molar-refractivity contribution in [3.8, 4) is 0 Å². The van der Waals surface area contributed by atoms with Crippen LogP contribution in [-0.2, 0) is 0 Å². The van der Waals surface area contributed by atoms with E-state index in [1.165, 1.54) is 5.56 Å². The Balaban J connectivity index is 3.14. The van der Waals surface area contributed by atoms with Crippen LogP contribution < -0.4 is 5.73 Å². The van der Waals surface area contributed by atoms with Gasteiger partial charge in [0.2, 0.25) is 0 Å². The van der Waals surface area contributed by atoms with E-state index in [2.05, 4.69) is 4.98 Å². The summed E-state index contributed by atoms with van der Waals surface area (Å²) in [5, 5.41) is 0. The highest BCUT2D eigenvalue weighted by atomic mass is 14.8. The van der Waals surface area contributed by atoms with Crippen molar-refractivity contribution in [2.24, 2.45) is 0 Å². The van der Waals surface area contributed by atoms with Gasteiger partial charge in [-0.2, -0.15) is 0 Å². The van der Waals surface area contributed by atoms with Gasteiger partial charge in [-0.25, -0.2) is 0 Å². The molecule has 1 rings (SSSR count). The maximum absolute atomic E-state index is 5.42. The maximum Gasteiger partial charge on any atom is 0.101 e. The molecule has 0 unspecified atom stereocenters. The number of aromatic nitrogens is 1. The zero-order valence-corrected chi connectivity index (χ0v) is 5.15. The molecular weight excluding hydrogens is 100 g/mol. The van der Waals surface area contributed by atoms with Crippen molar-refractivity contribution in [3.63, 3.8) is 0 Å². The van der Waals surface area contributed by atoms with E-state index in [0.717, 1.165) is 11.5 Å². The number of nitrogen functional groups attached to an aromatic ring is 1. The van der Waals surface area contributed by atoms with Crippen LogP contribution >= 0.6 is 0 Å². The number of anilines is 1. The number of hydrogen-bond donors (Lipinski definition) is 2. The maximum atomic E-state index is 5.42.